The maximum Gasteiger partial charge on any atom is 0.0491 e. The molecular formula is C19H19NS. The normalized spacial score (nSPS) is 12.3. The minimum atomic E-state index is 0.271. The van der Waals surface area contributed by atoms with E-state index in [2.05, 4.69) is 85.2 Å². The molecule has 0 aliphatic rings. The second kappa shape index (κ2) is 6.23. The highest BCUT2D eigenvalue weighted by molar-refractivity contribution is 7.98. The standard InChI is InChI=1S/C19H19NS/c1-14(20-16-9-6-10-17(13-16)21-2)18-12-5-8-15-7-3-4-11-19(15)18/h3-14,20H,1-2H3. The fraction of sp³-hybridized carbons (Fsp3) is 0.158. The number of anilines is 1. The molecule has 3 aromatic carbocycles. The first-order valence-corrected chi connectivity index (χ1v) is 8.38. The molecule has 0 saturated carbocycles. The van der Waals surface area contributed by atoms with Crippen molar-refractivity contribution in [2.75, 3.05) is 11.6 Å². The van der Waals surface area contributed by atoms with E-state index >= 15 is 0 Å². The molecule has 0 aliphatic heterocycles. The van der Waals surface area contributed by atoms with Gasteiger partial charge in [0.25, 0.3) is 0 Å². The van der Waals surface area contributed by atoms with Crippen molar-refractivity contribution >= 4 is 28.2 Å². The first-order valence-electron chi connectivity index (χ1n) is 7.16. The van der Waals surface area contributed by atoms with E-state index in [0.29, 0.717) is 0 Å². The van der Waals surface area contributed by atoms with Crippen LogP contribution in [0.2, 0.25) is 0 Å². The van der Waals surface area contributed by atoms with Gasteiger partial charge in [-0.25, -0.2) is 0 Å². The predicted octanol–water partition coefficient (Wildman–Crippen LogP) is 5.73. The van der Waals surface area contributed by atoms with Gasteiger partial charge in [0.1, 0.15) is 0 Å². The smallest absolute Gasteiger partial charge is 0.0491 e. The average molecular weight is 293 g/mol. The summed E-state index contributed by atoms with van der Waals surface area (Å²) in [5.41, 5.74) is 2.50. The third kappa shape index (κ3) is 3.06. The summed E-state index contributed by atoms with van der Waals surface area (Å²) in [5, 5.41) is 6.23. The fourth-order valence-corrected chi connectivity index (χ4v) is 3.13. The molecule has 3 rings (SSSR count). The molecule has 0 aromatic heterocycles. The van der Waals surface area contributed by atoms with Crippen molar-refractivity contribution in [1.82, 2.24) is 0 Å². The van der Waals surface area contributed by atoms with Gasteiger partial charge in [0.15, 0.2) is 0 Å². The summed E-state index contributed by atoms with van der Waals surface area (Å²) < 4.78 is 0. The number of thioether (sulfide) groups is 1. The van der Waals surface area contributed by atoms with Crippen molar-refractivity contribution in [2.45, 2.75) is 17.9 Å². The number of hydrogen-bond donors (Lipinski definition) is 1. The van der Waals surface area contributed by atoms with Gasteiger partial charge in [-0.15, -0.1) is 11.8 Å². The molecule has 1 atom stereocenters. The third-order valence-corrected chi connectivity index (χ3v) is 4.47. The number of nitrogens with one attached hydrogen (secondary N) is 1. The van der Waals surface area contributed by atoms with Crippen LogP contribution in [0.4, 0.5) is 5.69 Å². The number of hydrogen-bond acceptors (Lipinski definition) is 2. The lowest BCUT2D eigenvalue weighted by Crippen LogP contribution is -2.07. The first kappa shape index (κ1) is 14.0. The van der Waals surface area contributed by atoms with Crippen molar-refractivity contribution < 1.29 is 0 Å². The fourth-order valence-electron chi connectivity index (χ4n) is 2.67. The summed E-state index contributed by atoms with van der Waals surface area (Å²) in [5.74, 6) is 0. The van der Waals surface area contributed by atoms with E-state index in [1.807, 2.05) is 0 Å². The van der Waals surface area contributed by atoms with Crippen LogP contribution in [0.1, 0.15) is 18.5 Å². The molecule has 0 fully saturated rings. The maximum absolute atomic E-state index is 3.61. The van der Waals surface area contributed by atoms with Crippen LogP contribution in [0.3, 0.4) is 0 Å². The molecule has 3 aromatic rings. The van der Waals surface area contributed by atoms with E-state index in [4.69, 9.17) is 0 Å². The van der Waals surface area contributed by atoms with Crippen molar-refractivity contribution in [3.63, 3.8) is 0 Å². The average Bonchev–Trinajstić information content (AvgIpc) is 2.54. The van der Waals surface area contributed by atoms with E-state index < -0.39 is 0 Å². The molecule has 0 bridgehead atoms. The Morgan fingerprint density at radius 2 is 1.67 bits per heavy atom. The number of benzene rings is 3. The highest BCUT2D eigenvalue weighted by Crippen LogP contribution is 2.28. The number of rotatable bonds is 4. The van der Waals surface area contributed by atoms with Crippen LogP contribution in [0.25, 0.3) is 10.8 Å². The van der Waals surface area contributed by atoms with Gasteiger partial charge in [-0.3, -0.25) is 0 Å². The predicted molar refractivity (Wildman–Crippen MR) is 94.2 cm³/mol. The molecule has 1 nitrogen and oxygen atoms in total. The van der Waals surface area contributed by atoms with Crippen LogP contribution < -0.4 is 5.32 Å². The first-order chi connectivity index (χ1) is 10.3. The van der Waals surface area contributed by atoms with Gasteiger partial charge in [0.2, 0.25) is 0 Å². The quantitative estimate of drug-likeness (QED) is 0.616. The molecule has 0 heterocycles. The second-order valence-electron chi connectivity index (χ2n) is 5.17. The summed E-state index contributed by atoms with van der Waals surface area (Å²) in [7, 11) is 0. The molecule has 1 N–H and O–H groups in total. The monoisotopic (exact) mass is 293 g/mol. The molecule has 106 valence electrons. The van der Waals surface area contributed by atoms with Crippen LogP contribution >= 0.6 is 11.8 Å². The van der Waals surface area contributed by atoms with Crippen LogP contribution in [0.15, 0.2) is 71.6 Å². The molecule has 0 aliphatic carbocycles. The molecule has 2 heteroatoms. The van der Waals surface area contributed by atoms with Gasteiger partial charge in [0, 0.05) is 16.6 Å². The summed E-state index contributed by atoms with van der Waals surface area (Å²) in [6.45, 7) is 2.22. The molecule has 0 saturated heterocycles. The summed E-state index contributed by atoms with van der Waals surface area (Å²) in [6, 6.07) is 23.9. The highest BCUT2D eigenvalue weighted by Gasteiger charge is 2.09. The van der Waals surface area contributed by atoms with Crippen molar-refractivity contribution in [3.05, 3.63) is 72.3 Å². The maximum atomic E-state index is 3.61. The Bertz CT molecular complexity index is 746. The Balaban J connectivity index is 1.91. The molecular weight excluding hydrogens is 274 g/mol. The molecule has 21 heavy (non-hydrogen) atoms. The summed E-state index contributed by atoms with van der Waals surface area (Å²) in [6.07, 6.45) is 2.10. The summed E-state index contributed by atoms with van der Waals surface area (Å²) in [4.78, 5) is 1.28. The Labute approximate surface area is 130 Å². The van der Waals surface area contributed by atoms with Crippen molar-refractivity contribution in [3.8, 4) is 0 Å². The van der Waals surface area contributed by atoms with Crippen molar-refractivity contribution in [2.24, 2.45) is 0 Å². The van der Waals surface area contributed by atoms with E-state index in [1.54, 1.807) is 11.8 Å². The lowest BCUT2D eigenvalue weighted by atomic mass is 9.99. The van der Waals surface area contributed by atoms with E-state index in [0.717, 1.165) is 0 Å². The van der Waals surface area contributed by atoms with Crippen LogP contribution in [-0.2, 0) is 0 Å². The largest absolute Gasteiger partial charge is 0.378 e. The minimum Gasteiger partial charge on any atom is -0.378 e. The van der Waals surface area contributed by atoms with Crippen LogP contribution in [-0.4, -0.2) is 6.26 Å². The Hall–Kier alpha value is -1.93. The van der Waals surface area contributed by atoms with Gasteiger partial charge in [-0.05, 0) is 47.7 Å². The minimum absolute atomic E-state index is 0.271. The van der Waals surface area contributed by atoms with Crippen LogP contribution in [0, 0.1) is 0 Å². The second-order valence-corrected chi connectivity index (χ2v) is 6.05. The van der Waals surface area contributed by atoms with Gasteiger partial charge in [0.05, 0.1) is 0 Å². The zero-order valence-corrected chi connectivity index (χ0v) is 13.2. The summed E-state index contributed by atoms with van der Waals surface area (Å²) >= 11 is 1.77. The lowest BCUT2D eigenvalue weighted by Gasteiger charge is -2.18. The zero-order valence-electron chi connectivity index (χ0n) is 12.3. The van der Waals surface area contributed by atoms with Crippen LogP contribution in [0.5, 0.6) is 0 Å². The topological polar surface area (TPSA) is 12.0 Å². The van der Waals surface area contributed by atoms with E-state index in [-0.39, 0.29) is 6.04 Å². The third-order valence-electron chi connectivity index (χ3n) is 3.74. The SMILES string of the molecule is CSc1cccc(NC(C)c2cccc3ccccc23)c1. The van der Waals surface area contributed by atoms with Gasteiger partial charge >= 0.3 is 0 Å². The molecule has 1 unspecified atom stereocenters. The highest BCUT2D eigenvalue weighted by atomic mass is 32.2. The molecule has 0 amide bonds. The Kier molecular flexibility index (Phi) is 4.16. The lowest BCUT2D eigenvalue weighted by molar-refractivity contribution is 0.893. The molecule has 0 spiro atoms. The Morgan fingerprint density at radius 1 is 0.905 bits per heavy atom. The van der Waals surface area contributed by atoms with Gasteiger partial charge < -0.3 is 5.32 Å². The van der Waals surface area contributed by atoms with Gasteiger partial charge in [-0.2, -0.15) is 0 Å². The Morgan fingerprint density at radius 3 is 2.52 bits per heavy atom. The van der Waals surface area contributed by atoms with Crippen molar-refractivity contribution in [1.29, 1.82) is 0 Å². The zero-order chi connectivity index (χ0) is 14.7. The van der Waals surface area contributed by atoms with E-state index in [9.17, 15) is 0 Å². The number of fused-ring (bicyclic) bond motifs is 1. The van der Waals surface area contributed by atoms with Gasteiger partial charge in [-0.1, -0.05) is 48.5 Å². The molecule has 0 radical (unpaired) electrons. The van der Waals surface area contributed by atoms with E-state index in [1.165, 1.54) is 26.9 Å².